The van der Waals surface area contributed by atoms with Crippen LogP contribution in [0.4, 0.5) is 11.5 Å². The average Bonchev–Trinajstić information content (AvgIpc) is 2.50. The molecule has 1 aromatic heterocycles. The molecule has 2 atom stereocenters. The highest BCUT2D eigenvalue weighted by molar-refractivity contribution is 6.29. The molecule has 0 spiro atoms. The van der Waals surface area contributed by atoms with Crippen LogP contribution in [0.5, 0.6) is 0 Å². The normalized spacial score (nSPS) is 25.5. The summed E-state index contributed by atoms with van der Waals surface area (Å²) in [5, 5.41) is 3.84. The molecular weight excluding hydrogens is 210 g/mol. The minimum atomic E-state index is 0.447. The van der Waals surface area contributed by atoms with E-state index in [4.69, 9.17) is 17.3 Å². The molecule has 1 heterocycles. The molecule has 2 rings (SSSR count). The van der Waals surface area contributed by atoms with Crippen molar-refractivity contribution in [3.63, 3.8) is 0 Å². The maximum absolute atomic E-state index is 5.84. The topological polar surface area (TPSA) is 50.9 Å². The lowest BCUT2D eigenvalue weighted by atomic mass is 10.1. The summed E-state index contributed by atoms with van der Waals surface area (Å²) in [6.45, 7) is 2.26. The Hall–Kier alpha value is -0.960. The molecule has 0 aromatic carbocycles. The first-order chi connectivity index (χ1) is 7.15. The molecule has 1 saturated carbocycles. The fourth-order valence-electron chi connectivity index (χ4n) is 2.14. The second kappa shape index (κ2) is 4.27. The fourth-order valence-corrected chi connectivity index (χ4v) is 2.36. The van der Waals surface area contributed by atoms with Gasteiger partial charge in [-0.15, -0.1) is 0 Å². The van der Waals surface area contributed by atoms with Crippen LogP contribution in [0.25, 0.3) is 0 Å². The smallest absolute Gasteiger partial charge is 0.133 e. The lowest BCUT2D eigenvalue weighted by Gasteiger charge is -2.18. The minimum Gasteiger partial charge on any atom is -0.399 e. The van der Waals surface area contributed by atoms with Gasteiger partial charge >= 0.3 is 0 Å². The van der Waals surface area contributed by atoms with Crippen LogP contribution in [-0.2, 0) is 0 Å². The predicted octanol–water partition coefficient (Wildman–Crippen LogP) is 2.92. The Morgan fingerprint density at radius 2 is 2.27 bits per heavy atom. The van der Waals surface area contributed by atoms with Gasteiger partial charge in [0.1, 0.15) is 11.0 Å². The van der Waals surface area contributed by atoms with Crippen molar-refractivity contribution in [3.8, 4) is 0 Å². The van der Waals surface area contributed by atoms with Crippen molar-refractivity contribution < 1.29 is 0 Å². The molecule has 1 aromatic rings. The summed E-state index contributed by atoms with van der Waals surface area (Å²) < 4.78 is 0. The van der Waals surface area contributed by atoms with E-state index in [2.05, 4.69) is 17.2 Å². The predicted molar refractivity (Wildman–Crippen MR) is 64.1 cm³/mol. The summed E-state index contributed by atoms with van der Waals surface area (Å²) in [4.78, 5) is 4.21. The second-order valence-electron chi connectivity index (χ2n) is 4.27. The van der Waals surface area contributed by atoms with Crippen LogP contribution >= 0.6 is 11.6 Å². The zero-order valence-corrected chi connectivity index (χ0v) is 9.59. The Bertz CT molecular complexity index is 333. The molecule has 82 valence electrons. The fraction of sp³-hybridized carbons (Fsp3) is 0.545. The van der Waals surface area contributed by atoms with E-state index in [1.54, 1.807) is 6.07 Å². The molecule has 0 bridgehead atoms. The standard InChI is InChI=1S/C11H16ClN3/c1-7-3-2-4-9(7)14-11-6-8(13)5-10(12)15-11/h5-7,9H,2-4H2,1H3,(H3,13,14,15). The Labute approximate surface area is 95.0 Å². The van der Waals surface area contributed by atoms with Crippen molar-refractivity contribution in [2.75, 3.05) is 11.1 Å². The maximum atomic E-state index is 5.84. The molecular formula is C11H16ClN3. The van der Waals surface area contributed by atoms with E-state index in [0.717, 1.165) is 5.82 Å². The van der Waals surface area contributed by atoms with Crippen LogP contribution in [0.1, 0.15) is 26.2 Å². The molecule has 3 nitrogen and oxygen atoms in total. The van der Waals surface area contributed by atoms with Crippen molar-refractivity contribution in [2.45, 2.75) is 32.2 Å². The van der Waals surface area contributed by atoms with Gasteiger partial charge in [-0.3, -0.25) is 0 Å². The number of nitrogens with two attached hydrogens (primary N) is 1. The van der Waals surface area contributed by atoms with E-state index in [9.17, 15) is 0 Å². The number of nitrogens with zero attached hydrogens (tertiary/aromatic N) is 1. The second-order valence-corrected chi connectivity index (χ2v) is 4.65. The van der Waals surface area contributed by atoms with Gasteiger partial charge in [0, 0.05) is 17.8 Å². The third-order valence-electron chi connectivity index (χ3n) is 3.01. The van der Waals surface area contributed by atoms with Gasteiger partial charge in [0.05, 0.1) is 0 Å². The first-order valence-electron chi connectivity index (χ1n) is 5.35. The van der Waals surface area contributed by atoms with Crippen molar-refractivity contribution in [1.29, 1.82) is 0 Å². The van der Waals surface area contributed by atoms with Crippen molar-refractivity contribution in [2.24, 2.45) is 5.92 Å². The van der Waals surface area contributed by atoms with Crippen molar-refractivity contribution >= 4 is 23.1 Å². The SMILES string of the molecule is CC1CCCC1Nc1cc(N)cc(Cl)n1. The maximum Gasteiger partial charge on any atom is 0.133 e. The number of halogens is 1. The Balaban J connectivity index is 2.10. The molecule has 1 aliphatic carbocycles. The molecule has 3 N–H and O–H groups in total. The largest absolute Gasteiger partial charge is 0.399 e. The third-order valence-corrected chi connectivity index (χ3v) is 3.20. The van der Waals surface area contributed by atoms with E-state index < -0.39 is 0 Å². The number of rotatable bonds is 2. The highest BCUT2D eigenvalue weighted by Crippen LogP contribution is 2.28. The highest BCUT2D eigenvalue weighted by atomic mass is 35.5. The number of anilines is 2. The van der Waals surface area contributed by atoms with E-state index in [0.29, 0.717) is 22.8 Å². The van der Waals surface area contributed by atoms with Crippen molar-refractivity contribution in [3.05, 3.63) is 17.3 Å². The van der Waals surface area contributed by atoms with Gasteiger partial charge in [-0.1, -0.05) is 24.9 Å². The summed E-state index contributed by atoms with van der Waals surface area (Å²) in [6, 6.07) is 4.00. The molecule has 1 aliphatic rings. The van der Waals surface area contributed by atoms with Gasteiger partial charge in [0.25, 0.3) is 0 Å². The Morgan fingerprint density at radius 3 is 2.87 bits per heavy atom. The van der Waals surface area contributed by atoms with Crippen LogP contribution in [0, 0.1) is 5.92 Å². The summed E-state index contributed by atoms with van der Waals surface area (Å²) in [7, 11) is 0. The number of aromatic nitrogens is 1. The molecule has 0 aliphatic heterocycles. The van der Waals surface area contributed by atoms with E-state index in [-0.39, 0.29) is 0 Å². The molecule has 15 heavy (non-hydrogen) atoms. The number of hydrogen-bond acceptors (Lipinski definition) is 3. The van der Waals surface area contributed by atoms with Gasteiger partial charge < -0.3 is 11.1 Å². The van der Waals surface area contributed by atoms with Gasteiger partial charge in [0.2, 0.25) is 0 Å². The monoisotopic (exact) mass is 225 g/mol. The molecule has 4 heteroatoms. The van der Waals surface area contributed by atoms with E-state index >= 15 is 0 Å². The van der Waals surface area contributed by atoms with E-state index in [1.165, 1.54) is 19.3 Å². The lowest BCUT2D eigenvalue weighted by molar-refractivity contribution is 0.555. The van der Waals surface area contributed by atoms with Crippen LogP contribution in [0.15, 0.2) is 12.1 Å². The van der Waals surface area contributed by atoms with Crippen molar-refractivity contribution in [1.82, 2.24) is 4.98 Å². The van der Waals surface area contributed by atoms with Crippen LogP contribution in [-0.4, -0.2) is 11.0 Å². The molecule has 1 fully saturated rings. The first-order valence-corrected chi connectivity index (χ1v) is 5.72. The van der Waals surface area contributed by atoms with Gasteiger partial charge in [-0.05, 0) is 24.8 Å². The minimum absolute atomic E-state index is 0.447. The number of hydrogen-bond donors (Lipinski definition) is 2. The zero-order valence-electron chi connectivity index (χ0n) is 8.83. The van der Waals surface area contributed by atoms with Gasteiger partial charge in [0.15, 0.2) is 0 Å². The number of nitrogen functional groups attached to an aromatic ring is 1. The summed E-state index contributed by atoms with van der Waals surface area (Å²) in [5.74, 6) is 1.49. The summed E-state index contributed by atoms with van der Waals surface area (Å²) >= 11 is 5.84. The van der Waals surface area contributed by atoms with E-state index in [1.807, 2.05) is 6.07 Å². The van der Waals surface area contributed by atoms with Gasteiger partial charge in [-0.2, -0.15) is 0 Å². The molecule has 0 radical (unpaired) electrons. The van der Waals surface area contributed by atoms with Crippen LogP contribution in [0.3, 0.4) is 0 Å². The first kappa shape index (κ1) is 10.6. The molecule has 2 unspecified atom stereocenters. The Morgan fingerprint density at radius 1 is 1.47 bits per heavy atom. The molecule has 0 saturated heterocycles. The quantitative estimate of drug-likeness (QED) is 0.761. The Kier molecular flexibility index (Phi) is 3.00. The number of pyridine rings is 1. The summed E-state index contributed by atoms with van der Waals surface area (Å²) in [6.07, 6.45) is 3.78. The molecule has 0 amide bonds. The highest BCUT2D eigenvalue weighted by Gasteiger charge is 2.23. The average molecular weight is 226 g/mol. The summed E-state index contributed by atoms with van der Waals surface area (Å²) in [5.41, 5.74) is 6.36. The van der Waals surface area contributed by atoms with Crippen LogP contribution < -0.4 is 11.1 Å². The lowest BCUT2D eigenvalue weighted by Crippen LogP contribution is -2.22. The van der Waals surface area contributed by atoms with Gasteiger partial charge in [-0.25, -0.2) is 4.98 Å². The zero-order chi connectivity index (χ0) is 10.8. The number of nitrogens with one attached hydrogen (secondary N) is 1. The van der Waals surface area contributed by atoms with Crippen LogP contribution in [0.2, 0.25) is 5.15 Å². The third kappa shape index (κ3) is 2.53.